The number of hydrogen-bond acceptors (Lipinski definition) is 5. The highest BCUT2D eigenvalue weighted by Gasteiger charge is 2.33. The number of anilines is 1. The second kappa shape index (κ2) is 4.61. The molecule has 1 fully saturated rings. The average Bonchev–Trinajstić information content (AvgIpc) is 2.60. The molecule has 84 valence electrons. The predicted molar refractivity (Wildman–Crippen MR) is 61.1 cm³/mol. The Hall–Kier alpha value is -1.43. The molecule has 16 heavy (non-hydrogen) atoms. The van der Waals surface area contributed by atoms with Crippen LogP contribution in [0.4, 0.5) is 5.95 Å². The largest absolute Gasteiger partial charge is 0.288 e. The van der Waals surface area contributed by atoms with Gasteiger partial charge < -0.3 is 0 Å². The summed E-state index contributed by atoms with van der Waals surface area (Å²) in [5.74, 6) is 0.393. The van der Waals surface area contributed by atoms with Crippen molar-refractivity contribution in [3.8, 4) is 0 Å². The molecule has 6 heteroatoms. The smallest absolute Gasteiger partial charge is 0.232 e. The maximum absolute atomic E-state index is 11.7. The first kappa shape index (κ1) is 11.1. The lowest BCUT2D eigenvalue weighted by molar-refractivity contribution is -0.117. The zero-order valence-electron chi connectivity index (χ0n) is 8.79. The number of nitrogens with zero attached hydrogens (tertiary/aromatic N) is 3. The summed E-state index contributed by atoms with van der Waals surface area (Å²) in [6.45, 7) is 2.02. The monoisotopic (exact) mass is 237 g/mol. The van der Waals surface area contributed by atoms with E-state index in [1.807, 2.05) is 0 Å². The Kier molecular flexibility index (Phi) is 3.19. The first-order chi connectivity index (χ1) is 7.66. The first-order valence-corrected chi connectivity index (χ1v) is 5.79. The molecule has 1 aromatic heterocycles. The molecular formula is C10H11N3O2S. The van der Waals surface area contributed by atoms with E-state index in [0.29, 0.717) is 18.9 Å². The van der Waals surface area contributed by atoms with Gasteiger partial charge in [-0.1, -0.05) is 11.8 Å². The van der Waals surface area contributed by atoms with Crippen molar-refractivity contribution in [3.63, 3.8) is 0 Å². The SMILES string of the molecule is CC(=O)SC1CC(=O)N(c2ncccn2)C1. The van der Waals surface area contributed by atoms with E-state index in [1.54, 1.807) is 18.5 Å². The molecule has 0 spiro atoms. The van der Waals surface area contributed by atoms with Gasteiger partial charge in [0.25, 0.3) is 0 Å². The second-order valence-corrected chi connectivity index (χ2v) is 4.97. The minimum atomic E-state index is -0.0232. The van der Waals surface area contributed by atoms with Gasteiger partial charge in [0, 0.05) is 37.5 Å². The van der Waals surface area contributed by atoms with Crippen molar-refractivity contribution in [1.29, 1.82) is 0 Å². The van der Waals surface area contributed by atoms with Crippen molar-refractivity contribution in [3.05, 3.63) is 18.5 Å². The molecule has 2 heterocycles. The van der Waals surface area contributed by atoms with Crippen LogP contribution >= 0.6 is 11.8 Å². The zero-order valence-corrected chi connectivity index (χ0v) is 9.61. The van der Waals surface area contributed by atoms with Crippen LogP contribution in [0.25, 0.3) is 0 Å². The van der Waals surface area contributed by atoms with Crippen molar-refractivity contribution in [1.82, 2.24) is 9.97 Å². The molecule has 0 N–H and O–H groups in total. The quantitative estimate of drug-likeness (QED) is 0.763. The van der Waals surface area contributed by atoms with Crippen LogP contribution in [0.5, 0.6) is 0 Å². The number of hydrogen-bond donors (Lipinski definition) is 0. The molecule has 5 nitrogen and oxygen atoms in total. The molecule has 1 aliphatic rings. The standard InChI is InChI=1S/C10H11N3O2S/c1-7(14)16-8-5-9(15)13(6-8)10-11-3-2-4-12-10/h2-4,8H,5-6H2,1H3. The minimum absolute atomic E-state index is 0.0220. The maximum atomic E-state index is 11.7. The number of aromatic nitrogens is 2. The van der Waals surface area contributed by atoms with Crippen LogP contribution in [-0.4, -0.2) is 32.8 Å². The highest BCUT2D eigenvalue weighted by atomic mass is 32.2. The molecule has 1 aromatic rings. The van der Waals surface area contributed by atoms with Gasteiger partial charge in [0.15, 0.2) is 5.12 Å². The summed E-state index contributed by atoms with van der Waals surface area (Å²) in [5.41, 5.74) is 0. The van der Waals surface area contributed by atoms with E-state index >= 15 is 0 Å². The fourth-order valence-electron chi connectivity index (χ4n) is 1.61. The summed E-state index contributed by atoms with van der Waals surface area (Å²) in [4.78, 5) is 32.2. The van der Waals surface area contributed by atoms with Crippen molar-refractivity contribution >= 4 is 28.7 Å². The van der Waals surface area contributed by atoms with Crippen LogP contribution in [0.2, 0.25) is 0 Å². The van der Waals surface area contributed by atoms with E-state index in [1.165, 1.54) is 23.6 Å². The Morgan fingerprint density at radius 1 is 1.50 bits per heavy atom. The molecule has 0 saturated carbocycles. The molecule has 0 bridgehead atoms. The minimum Gasteiger partial charge on any atom is -0.288 e. The van der Waals surface area contributed by atoms with Crippen LogP contribution in [0.1, 0.15) is 13.3 Å². The molecule has 1 amide bonds. The zero-order chi connectivity index (χ0) is 11.5. The van der Waals surface area contributed by atoms with Crippen LogP contribution in [0.15, 0.2) is 18.5 Å². The highest BCUT2D eigenvalue weighted by molar-refractivity contribution is 8.14. The molecule has 0 aromatic carbocycles. The number of carbonyl (C=O) groups is 2. The van der Waals surface area contributed by atoms with Crippen molar-refractivity contribution in [2.45, 2.75) is 18.6 Å². The normalized spacial score (nSPS) is 20.2. The van der Waals surface area contributed by atoms with Gasteiger partial charge in [-0.2, -0.15) is 0 Å². The Morgan fingerprint density at radius 2 is 2.19 bits per heavy atom. The van der Waals surface area contributed by atoms with Gasteiger partial charge in [-0.15, -0.1) is 0 Å². The molecule has 1 saturated heterocycles. The summed E-state index contributed by atoms with van der Waals surface area (Å²) in [7, 11) is 0. The van der Waals surface area contributed by atoms with Crippen LogP contribution < -0.4 is 4.90 Å². The lowest BCUT2D eigenvalue weighted by Gasteiger charge is -2.12. The summed E-state index contributed by atoms with van der Waals surface area (Å²) >= 11 is 1.21. The van der Waals surface area contributed by atoms with E-state index < -0.39 is 0 Å². The molecule has 0 radical (unpaired) electrons. The summed E-state index contributed by atoms with van der Waals surface area (Å²) in [5, 5.41) is 0.0578. The molecule has 1 unspecified atom stereocenters. The molecule has 2 rings (SSSR count). The molecule has 1 atom stereocenters. The van der Waals surface area contributed by atoms with E-state index in [4.69, 9.17) is 0 Å². The van der Waals surface area contributed by atoms with Crippen LogP contribution in [0.3, 0.4) is 0 Å². The summed E-state index contributed by atoms with van der Waals surface area (Å²) < 4.78 is 0. The third-order valence-corrected chi connectivity index (χ3v) is 3.20. The second-order valence-electron chi connectivity index (χ2n) is 3.49. The molecule has 0 aliphatic carbocycles. The highest BCUT2D eigenvalue weighted by Crippen LogP contribution is 2.26. The van der Waals surface area contributed by atoms with Gasteiger partial charge in [0.2, 0.25) is 11.9 Å². The predicted octanol–water partition coefficient (Wildman–Crippen LogP) is 0.862. The van der Waals surface area contributed by atoms with E-state index in [2.05, 4.69) is 9.97 Å². The van der Waals surface area contributed by atoms with Crippen LogP contribution in [0, 0.1) is 0 Å². The Labute approximate surface area is 97.3 Å². The lowest BCUT2D eigenvalue weighted by atomic mass is 10.4. The van der Waals surface area contributed by atoms with Crippen molar-refractivity contribution in [2.75, 3.05) is 11.4 Å². The third kappa shape index (κ3) is 2.38. The Bertz CT molecular complexity index is 410. The van der Waals surface area contributed by atoms with Crippen molar-refractivity contribution in [2.24, 2.45) is 0 Å². The summed E-state index contributed by atoms with van der Waals surface area (Å²) in [6, 6.07) is 1.70. The maximum Gasteiger partial charge on any atom is 0.232 e. The number of amides is 1. The third-order valence-electron chi connectivity index (χ3n) is 2.22. The topological polar surface area (TPSA) is 63.2 Å². The Morgan fingerprint density at radius 3 is 2.81 bits per heavy atom. The van der Waals surface area contributed by atoms with Gasteiger partial charge >= 0.3 is 0 Å². The fraction of sp³-hybridized carbons (Fsp3) is 0.400. The van der Waals surface area contributed by atoms with Gasteiger partial charge in [0.05, 0.1) is 0 Å². The number of carbonyl (C=O) groups excluding carboxylic acids is 2. The number of thioether (sulfide) groups is 1. The molecule has 1 aliphatic heterocycles. The van der Waals surface area contributed by atoms with Gasteiger partial charge in [-0.3, -0.25) is 14.5 Å². The van der Waals surface area contributed by atoms with Crippen LogP contribution in [-0.2, 0) is 9.59 Å². The lowest BCUT2D eigenvalue weighted by Crippen LogP contribution is -2.26. The average molecular weight is 237 g/mol. The van der Waals surface area contributed by atoms with E-state index in [0.717, 1.165) is 0 Å². The number of rotatable bonds is 2. The molecular weight excluding hydrogens is 226 g/mol. The Balaban J connectivity index is 2.08. The summed E-state index contributed by atoms with van der Waals surface area (Å²) in [6.07, 6.45) is 3.57. The van der Waals surface area contributed by atoms with Gasteiger partial charge in [0.1, 0.15) is 0 Å². The van der Waals surface area contributed by atoms with Crippen molar-refractivity contribution < 1.29 is 9.59 Å². The van der Waals surface area contributed by atoms with E-state index in [-0.39, 0.29) is 16.3 Å². The first-order valence-electron chi connectivity index (χ1n) is 4.91. The fourth-order valence-corrected chi connectivity index (χ4v) is 2.53. The van der Waals surface area contributed by atoms with Gasteiger partial charge in [-0.25, -0.2) is 9.97 Å². The van der Waals surface area contributed by atoms with E-state index in [9.17, 15) is 9.59 Å². The van der Waals surface area contributed by atoms with Gasteiger partial charge in [-0.05, 0) is 6.07 Å².